The smallest absolute Gasteiger partial charge is 0.329 e. The van der Waals surface area contributed by atoms with Gasteiger partial charge in [0.1, 0.15) is 0 Å². The second kappa shape index (κ2) is 4.87. The van der Waals surface area contributed by atoms with Crippen molar-refractivity contribution >= 4 is 5.97 Å². The quantitative estimate of drug-likeness (QED) is 0.610. The van der Waals surface area contributed by atoms with Crippen LogP contribution in [0.15, 0.2) is 12.3 Å². The number of carboxylic acid groups (broad SMARTS) is 1. The van der Waals surface area contributed by atoms with Gasteiger partial charge in [-0.15, -0.1) is 0 Å². The van der Waals surface area contributed by atoms with Gasteiger partial charge < -0.3 is 15.1 Å². The van der Waals surface area contributed by atoms with Crippen LogP contribution in [0, 0.1) is 0 Å². The molecule has 0 spiro atoms. The van der Waals surface area contributed by atoms with E-state index in [0.717, 1.165) is 18.9 Å². The molecular formula is C9H15NO3. The monoisotopic (exact) mass is 185 g/mol. The number of hydrogen-bond acceptors (Lipinski definition) is 3. The van der Waals surface area contributed by atoms with E-state index in [2.05, 4.69) is 0 Å². The molecule has 0 aromatic carbocycles. The van der Waals surface area contributed by atoms with Crippen LogP contribution in [-0.2, 0) is 4.79 Å². The van der Waals surface area contributed by atoms with E-state index in [9.17, 15) is 4.79 Å². The summed E-state index contributed by atoms with van der Waals surface area (Å²) >= 11 is 0. The Morgan fingerprint density at radius 3 is 2.62 bits per heavy atom. The Morgan fingerprint density at radius 1 is 1.54 bits per heavy atom. The van der Waals surface area contributed by atoms with Crippen LogP contribution in [0.4, 0.5) is 0 Å². The number of aliphatic hydroxyl groups excluding tert-OH is 1. The van der Waals surface area contributed by atoms with E-state index in [1.54, 1.807) is 6.20 Å². The predicted molar refractivity (Wildman–Crippen MR) is 48.2 cm³/mol. The van der Waals surface area contributed by atoms with E-state index >= 15 is 0 Å². The fourth-order valence-corrected chi connectivity index (χ4v) is 1.37. The first-order valence-corrected chi connectivity index (χ1v) is 4.52. The molecule has 74 valence electrons. The van der Waals surface area contributed by atoms with Crippen LogP contribution in [-0.4, -0.2) is 40.3 Å². The topological polar surface area (TPSA) is 60.8 Å². The highest BCUT2D eigenvalue weighted by Crippen LogP contribution is 2.24. The lowest BCUT2D eigenvalue weighted by molar-refractivity contribution is -0.131. The molecule has 13 heavy (non-hydrogen) atoms. The van der Waals surface area contributed by atoms with Gasteiger partial charge in [0.15, 0.2) is 0 Å². The fraction of sp³-hybridized carbons (Fsp3) is 0.667. The molecule has 2 N–H and O–H groups in total. The first kappa shape index (κ1) is 10.1. The second-order valence-corrected chi connectivity index (χ2v) is 3.20. The summed E-state index contributed by atoms with van der Waals surface area (Å²) in [6.07, 6.45) is 6.08. The Kier molecular flexibility index (Phi) is 3.76. The average molecular weight is 185 g/mol. The molecule has 0 saturated heterocycles. The maximum absolute atomic E-state index is 10.3. The third kappa shape index (κ3) is 3.06. The van der Waals surface area contributed by atoms with E-state index in [4.69, 9.17) is 10.2 Å². The van der Waals surface area contributed by atoms with Crippen molar-refractivity contribution < 1.29 is 15.0 Å². The van der Waals surface area contributed by atoms with Crippen LogP contribution >= 0.6 is 0 Å². The Labute approximate surface area is 77.5 Å². The zero-order valence-electron chi connectivity index (χ0n) is 7.52. The number of aliphatic carboxylic acids is 1. The van der Waals surface area contributed by atoms with Gasteiger partial charge in [0.2, 0.25) is 0 Å². The molecule has 1 fully saturated rings. The Hall–Kier alpha value is -1.03. The minimum atomic E-state index is -0.942. The molecule has 4 heteroatoms. The van der Waals surface area contributed by atoms with Crippen LogP contribution in [0.5, 0.6) is 0 Å². The maximum atomic E-state index is 10.3. The van der Waals surface area contributed by atoms with Crippen molar-refractivity contribution in [3.63, 3.8) is 0 Å². The van der Waals surface area contributed by atoms with Gasteiger partial charge in [-0.3, -0.25) is 0 Å². The van der Waals surface area contributed by atoms with Crippen molar-refractivity contribution in [1.29, 1.82) is 0 Å². The summed E-state index contributed by atoms with van der Waals surface area (Å²) in [5, 5.41) is 17.2. The Bertz CT molecular complexity index is 199. The number of aliphatic hydroxyl groups is 1. The summed E-state index contributed by atoms with van der Waals surface area (Å²) in [6.45, 7) is 0.592. The molecule has 0 aliphatic heterocycles. The van der Waals surface area contributed by atoms with E-state index in [1.807, 2.05) is 4.90 Å². The lowest BCUT2D eigenvalue weighted by atomic mass is 9.92. The first-order valence-electron chi connectivity index (χ1n) is 4.52. The lowest BCUT2D eigenvalue weighted by Crippen LogP contribution is -2.38. The molecule has 0 bridgehead atoms. The number of carboxylic acids is 1. The van der Waals surface area contributed by atoms with Crippen molar-refractivity contribution in [3.8, 4) is 0 Å². The molecule has 0 aromatic rings. The summed E-state index contributed by atoms with van der Waals surface area (Å²) < 4.78 is 0. The third-order valence-electron chi connectivity index (χ3n) is 2.31. The molecule has 0 amide bonds. The third-order valence-corrected chi connectivity index (χ3v) is 2.31. The van der Waals surface area contributed by atoms with E-state index < -0.39 is 5.97 Å². The molecule has 1 aliphatic rings. The highest BCUT2D eigenvalue weighted by molar-refractivity contribution is 5.79. The maximum Gasteiger partial charge on any atom is 0.329 e. The van der Waals surface area contributed by atoms with Crippen molar-refractivity contribution in [2.24, 2.45) is 0 Å². The molecule has 0 heterocycles. The van der Waals surface area contributed by atoms with Gasteiger partial charge in [-0.1, -0.05) is 0 Å². The fourth-order valence-electron chi connectivity index (χ4n) is 1.37. The molecule has 0 radical (unpaired) electrons. The van der Waals surface area contributed by atoms with Gasteiger partial charge in [-0.25, -0.2) is 4.79 Å². The van der Waals surface area contributed by atoms with Crippen molar-refractivity contribution in [2.75, 3.05) is 13.2 Å². The van der Waals surface area contributed by atoms with Crippen LogP contribution in [0.1, 0.15) is 19.3 Å². The van der Waals surface area contributed by atoms with Crippen LogP contribution in [0.3, 0.4) is 0 Å². The predicted octanol–water partition coefficient (Wildman–Crippen LogP) is 0.432. The van der Waals surface area contributed by atoms with Crippen LogP contribution in [0.2, 0.25) is 0 Å². The molecular weight excluding hydrogens is 170 g/mol. The molecule has 1 saturated carbocycles. The van der Waals surface area contributed by atoms with Gasteiger partial charge in [0.05, 0.1) is 6.61 Å². The zero-order chi connectivity index (χ0) is 9.68. The van der Waals surface area contributed by atoms with Gasteiger partial charge in [0, 0.05) is 24.9 Å². The number of rotatable bonds is 5. The number of carbonyl (C=O) groups is 1. The molecule has 1 aliphatic carbocycles. The second-order valence-electron chi connectivity index (χ2n) is 3.20. The molecule has 0 atom stereocenters. The number of hydrogen-bond donors (Lipinski definition) is 2. The summed E-state index contributed by atoms with van der Waals surface area (Å²) in [4.78, 5) is 12.2. The normalized spacial score (nSPS) is 17.3. The van der Waals surface area contributed by atoms with Gasteiger partial charge >= 0.3 is 5.97 Å². The molecule has 0 unspecified atom stereocenters. The van der Waals surface area contributed by atoms with Crippen LogP contribution in [0.25, 0.3) is 0 Å². The largest absolute Gasteiger partial charge is 0.478 e. The van der Waals surface area contributed by atoms with E-state index in [0.29, 0.717) is 12.6 Å². The highest BCUT2D eigenvalue weighted by Gasteiger charge is 2.21. The summed E-state index contributed by atoms with van der Waals surface area (Å²) in [7, 11) is 0. The molecule has 0 aromatic heterocycles. The van der Waals surface area contributed by atoms with Crippen molar-refractivity contribution in [3.05, 3.63) is 12.3 Å². The van der Waals surface area contributed by atoms with Crippen molar-refractivity contribution in [2.45, 2.75) is 25.3 Å². The Balaban J connectivity index is 2.41. The summed E-state index contributed by atoms with van der Waals surface area (Å²) in [5.74, 6) is -0.942. The highest BCUT2D eigenvalue weighted by atomic mass is 16.4. The standard InChI is InChI=1S/C9H15NO3/c11-7-6-10(5-4-9(12)13)8-2-1-3-8/h4-5,8,11H,1-3,6-7H2,(H,12,13)/b5-4+. The first-order chi connectivity index (χ1) is 6.24. The van der Waals surface area contributed by atoms with Crippen molar-refractivity contribution in [1.82, 2.24) is 4.90 Å². The van der Waals surface area contributed by atoms with Gasteiger partial charge in [0.25, 0.3) is 0 Å². The summed E-state index contributed by atoms with van der Waals surface area (Å²) in [5.41, 5.74) is 0. The van der Waals surface area contributed by atoms with Gasteiger partial charge in [-0.05, 0) is 19.3 Å². The average Bonchev–Trinajstić information content (AvgIpc) is 1.97. The SMILES string of the molecule is O=C(O)/C=C/N(CCO)C1CCC1. The lowest BCUT2D eigenvalue weighted by Gasteiger charge is -2.36. The number of nitrogens with zero attached hydrogens (tertiary/aromatic N) is 1. The Morgan fingerprint density at radius 2 is 2.23 bits per heavy atom. The summed E-state index contributed by atoms with van der Waals surface area (Å²) in [6, 6.07) is 0.433. The minimum Gasteiger partial charge on any atom is -0.478 e. The zero-order valence-corrected chi connectivity index (χ0v) is 7.52. The van der Waals surface area contributed by atoms with Crippen LogP contribution < -0.4 is 0 Å². The van der Waals surface area contributed by atoms with E-state index in [-0.39, 0.29) is 6.61 Å². The minimum absolute atomic E-state index is 0.0699. The molecule has 1 rings (SSSR count). The van der Waals surface area contributed by atoms with E-state index in [1.165, 1.54) is 6.42 Å². The van der Waals surface area contributed by atoms with Gasteiger partial charge in [-0.2, -0.15) is 0 Å². The molecule has 4 nitrogen and oxygen atoms in total.